The van der Waals surface area contributed by atoms with Crippen LogP contribution in [-0.4, -0.2) is 38.1 Å². The highest BCUT2D eigenvalue weighted by atomic mass is 16.6. The summed E-state index contributed by atoms with van der Waals surface area (Å²) >= 11 is 0. The van der Waals surface area contributed by atoms with Crippen molar-refractivity contribution in [1.29, 1.82) is 0 Å². The van der Waals surface area contributed by atoms with Crippen molar-refractivity contribution in [2.45, 2.75) is 52.6 Å². The van der Waals surface area contributed by atoms with Gasteiger partial charge in [0.2, 0.25) is 0 Å². The number of amides is 1. The lowest BCUT2D eigenvalue weighted by atomic mass is 10.0. The summed E-state index contributed by atoms with van der Waals surface area (Å²) in [4.78, 5) is 37.1. The van der Waals surface area contributed by atoms with E-state index in [0.29, 0.717) is 5.76 Å². The molecule has 0 spiro atoms. The minimum atomic E-state index is -0.695. The van der Waals surface area contributed by atoms with E-state index in [1.807, 2.05) is 6.08 Å². The summed E-state index contributed by atoms with van der Waals surface area (Å²) in [6.07, 6.45) is 7.31. The highest BCUT2D eigenvalue weighted by Gasteiger charge is 2.25. The van der Waals surface area contributed by atoms with Gasteiger partial charge in [-0.05, 0) is 51.7 Å². The van der Waals surface area contributed by atoms with Crippen LogP contribution in [0, 0.1) is 24.0 Å². The Morgan fingerprint density at radius 3 is 2.77 bits per heavy atom. The van der Waals surface area contributed by atoms with Crippen LogP contribution in [0.15, 0.2) is 34.6 Å². The van der Waals surface area contributed by atoms with Crippen molar-refractivity contribution < 1.29 is 23.7 Å². The molecule has 0 bridgehead atoms. The number of aromatic nitrogens is 2. The summed E-state index contributed by atoms with van der Waals surface area (Å²) in [5.41, 5.74) is 1.24. The molecule has 160 valence electrons. The molecule has 0 aliphatic heterocycles. The SMILES string of the molecule is Cc1nn(CC(=O)OCC(=O)N(Cc2ccco2)C2=CCCCC2)c(C)c1[N+](=O)[O-]. The van der Waals surface area contributed by atoms with Gasteiger partial charge in [0.25, 0.3) is 5.91 Å². The predicted molar refractivity (Wildman–Crippen MR) is 105 cm³/mol. The van der Waals surface area contributed by atoms with Crippen molar-refractivity contribution in [3.63, 3.8) is 0 Å². The summed E-state index contributed by atoms with van der Waals surface area (Å²) in [5.74, 6) is -0.414. The first-order chi connectivity index (χ1) is 14.4. The van der Waals surface area contributed by atoms with Gasteiger partial charge in [0.05, 0.1) is 17.7 Å². The topological polar surface area (TPSA) is 121 Å². The molecule has 3 rings (SSSR count). The van der Waals surface area contributed by atoms with Gasteiger partial charge < -0.3 is 14.1 Å². The fourth-order valence-corrected chi connectivity index (χ4v) is 3.47. The first-order valence-corrected chi connectivity index (χ1v) is 9.72. The number of carbonyl (C=O) groups excluding carboxylic acids is 2. The fraction of sp³-hybridized carbons (Fsp3) is 0.450. The van der Waals surface area contributed by atoms with E-state index >= 15 is 0 Å². The normalized spacial score (nSPS) is 13.6. The second-order valence-electron chi connectivity index (χ2n) is 7.10. The van der Waals surface area contributed by atoms with E-state index in [0.717, 1.165) is 31.4 Å². The third-order valence-electron chi connectivity index (χ3n) is 4.97. The van der Waals surface area contributed by atoms with Gasteiger partial charge >= 0.3 is 11.7 Å². The Bertz CT molecular complexity index is 960. The van der Waals surface area contributed by atoms with E-state index in [9.17, 15) is 19.7 Å². The lowest BCUT2D eigenvalue weighted by Gasteiger charge is -2.26. The Morgan fingerprint density at radius 2 is 2.17 bits per heavy atom. The summed E-state index contributed by atoms with van der Waals surface area (Å²) in [6.45, 7) is 2.53. The van der Waals surface area contributed by atoms with Gasteiger partial charge in [0, 0.05) is 5.70 Å². The summed E-state index contributed by atoms with van der Waals surface area (Å²) < 4.78 is 11.7. The van der Waals surface area contributed by atoms with Gasteiger partial charge in [0.15, 0.2) is 6.61 Å². The van der Waals surface area contributed by atoms with Crippen molar-refractivity contribution in [3.8, 4) is 0 Å². The van der Waals surface area contributed by atoms with Crippen molar-refractivity contribution in [2.24, 2.45) is 0 Å². The van der Waals surface area contributed by atoms with Crippen LogP contribution in [0.25, 0.3) is 0 Å². The van der Waals surface area contributed by atoms with Crippen molar-refractivity contribution in [2.75, 3.05) is 6.61 Å². The average molecular weight is 416 g/mol. The van der Waals surface area contributed by atoms with E-state index in [1.165, 1.54) is 18.5 Å². The maximum atomic E-state index is 12.8. The number of nitrogens with zero attached hydrogens (tertiary/aromatic N) is 4. The number of carbonyl (C=O) groups is 2. The van der Waals surface area contributed by atoms with E-state index in [1.54, 1.807) is 23.3 Å². The molecule has 10 nitrogen and oxygen atoms in total. The Labute approximate surface area is 173 Å². The molecule has 0 radical (unpaired) electrons. The number of hydrogen-bond acceptors (Lipinski definition) is 7. The quantitative estimate of drug-likeness (QED) is 0.368. The Morgan fingerprint density at radius 1 is 1.37 bits per heavy atom. The monoisotopic (exact) mass is 416 g/mol. The zero-order valence-corrected chi connectivity index (χ0v) is 17.0. The van der Waals surface area contributed by atoms with Crippen LogP contribution in [0.1, 0.15) is 42.8 Å². The van der Waals surface area contributed by atoms with Crippen LogP contribution in [0.3, 0.4) is 0 Å². The fourth-order valence-electron chi connectivity index (χ4n) is 3.47. The lowest BCUT2D eigenvalue weighted by Crippen LogP contribution is -2.34. The maximum absolute atomic E-state index is 12.8. The number of rotatable bonds is 8. The van der Waals surface area contributed by atoms with Gasteiger partial charge in [-0.25, -0.2) is 0 Å². The van der Waals surface area contributed by atoms with Crippen LogP contribution >= 0.6 is 0 Å². The number of allylic oxidation sites excluding steroid dienone is 2. The van der Waals surface area contributed by atoms with Crippen LogP contribution < -0.4 is 0 Å². The van der Waals surface area contributed by atoms with Gasteiger partial charge in [-0.3, -0.25) is 24.4 Å². The van der Waals surface area contributed by atoms with E-state index < -0.39 is 17.5 Å². The molecule has 10 heteroatoms. The molecule has 0 saturated carbocycles. The van der Waals surface area contributed by atoms with Gasteiger partial charge in [0.1, 0.15) is 23.7 Å². The lowest BCUT2D eigenvalue weighted by molar-refractivity contribution is -0.386. The minimum Gasteiger partial charge on any atom is -0.467 e. The molecular formula is C20H24N4O6. The number of nitro groups is 1. The van der Waals surface area contributed by atoms with Gasteiger partial charge in [-0.15, -0.1) is 0 Å². The molecule has 0 atom stereocenters. The number of ether oxygens (including phenoxy) is 1. The van der Waals surface area contributed by atoms with Crippen molar-refractivity contribution in [3.05, 3.63) is 57.4 Å². The van der Waals surface area contributed by atoms with Gasteiger partial charge in [-0.1, -0.05) is 6.08 Å². The molecule has 2 aromatic rings. The number of furan rings is 1. The number of hydrogen-bond donors (Lipinski definition) is 0. The molecule has 0 N–H and O–H groups in total. The Balaban J connectivity index is 1.63. The molecule has 2 heterocycles. The molecule has 0 unspecified atom stereocenters. The summed E-state index contributed by atoms with van der Waals surface area (Å²) in [6, 6.07) is 3.53. The van der Waals surface area contributed by atoms with Crippen LogP contribution in [-0.2, 0) is 27.4 Å². The molecule has 2 aromatic heterocycles. The second kappa shape index (κ2) is 9.38. The molecule has 30 heavy (non-hydrogen) atoms. The zero-order valence-electron chi connectivity index (χ0n) is 17.0. The van der Waals surface area contributed by atoms with Crippen molar-refractivity contribution in [1.82, 2.24) is 14.7 Å². The molecule has 0 saturated heterocycles. The van der Waals surface area contributed by atoms with Crippen LogP contribution in [0.5, 0.6) is 0 Å². The van der Waals surface area contributed by atoms with Crippen molar-refractivity contribution >= 4 is 17.6 Å². The smallest absolute Gasteiger partial charge is 0.328 e. The molecule has 0 aromatic carbocycles. The van der Waals surface area contributed by atoms with Crippen LogP contribution in [0.4, 0.5) is 5.69 Å². The first-order valence-electron chi connectivity index (χ1n) is 9.72. The zero-order chi connectivity index (χ0) is 21.7. The molecule has 1 aliphatic rings. The summed E-state index contributed by atoms with van der Waals surface area (Å²) in [5, 5.41) is 15.1. The largest absolute Gasteiger partial charge is 0.467 e. The maximum Gasteiger partial charge on any atom is 0.328 e. The highest BCUT2D eigenvalue weighted by Crippen LogP contribution is 2.24. The average Bonchev–Trinajstić information content (AvgIpc) is 3.32. The Kier molecular flexibility index (Phi) is 6.65. The molecule has 1 aliphatic carbocycles. The Hall–Kier alpha value is -3.43. The first kappa shape index (κ1) is 21.3. The number of esters is 1. The van der Waals surface area contributed by atoms with E-state index in [2.05, 4.69) is 5.10 Å². The predicted octanol–water partition coefficient (Wildman–Crippen LogP) is 3.03. The number of aryl methyl sites for hydroxylation is 1. The highest BCUT2D eigenvalue weighted by molar-refractivity contribution is 5.82. The third-order valence-corrected chi connectivity index (χ3v) is 4.97. The van der Waals surface area contributed by atoms with E-state index in [-0.39, 0.29) is 36.1 Å². The molecule has 0 fully saturated rings. The standard InChI is InChI=1S/C20H24N4O6/c1-14-20(24(27)28)15(2)23(21-14)12-19(26)30-13-18(25)22(11-17-9-6-10-29-17)16-7-4-3-5-8-16/h6-7,9-10H,3-5,8,11-13H2,1-2H3. The molecule has 1 amide bonds. The van der Waals surface area contributed by atoms with Gasteiger partial charge in [-0.2, -0.15) is 5.10 Å². The van der Waals surface area contributed by atoms with E-state index in [4.69, 9.17) is 9.15 Å². The molecular weight excluding hydrogens is 392 g/mol. The third kappa shape index (κ3) is 4.94. The van der Waals surface area contributed by atoms with Crippen LogP contribution in [0.2, 0.25) is 0 Å². The minimum absolute atomic E-state index is 0.132. The second-order valence-corrected chi connectivity index (χ2v) is 7.10. The summed E-state index contributed by atoms with van der Waals surface area (Å²) in [7, 11) is 0.